The third-order valence-electron chi connectivity index (χ3n) is 2.00. The summed E-state index contributed by atoms with van der Waals surface area (Å²) in [6.45, 7) is 6.72. The molecule has 0 saturated heterocycles. The normalized spacial score (nSPS) is 11.0. The van der Waals surface area contributed by atoms with Gasteiger partial charge in [0.15, 0.2) is 0 Å². The van der Waals surface area contributed by atoms with E-state index in [0.29, 0.717) is 5.41 Å². The fraction of sp³-hybridized carbons (Fsp3) is 0.750. The molecule has 0 aliphatic carbocycles. The molecule has 0 rings (SSSR count). The van der Waals surface area contributed by atoms with Gasteiger partial charge >= 0.3 is 0 Å². The van der Waals surface area contributed by atoms with Gasteiger partial charge in [-0.05, 0) is 10.6 Å². The van der Waals surface area contributed by atoms with Crippen molar-refractivity contribution in [2.24, 2.45) is 5.41 Å². The van der Waals surface area contributed by atoms with Crippen molar-refractivity contribution in [1.82, 2.24) is 10.6 Å². The van der Waals surface area contributed by atoms with Gasteiger partial charge in [0.25, 0.3) is 0 Å². The van der Waals surface area contributed by atoms with Crippen LogP contribution in [0.15, 0.2) is 11.0 Å². The number of hydrogen-bond donors (Lipinski definition) is 2. The molecule has 0 aliphatic rings. The minimum atomic E-state index is 0.299. The third-order valence-corrected chi connectivity index (χ3v) is 4.00. The van der Waals surface area contributed by atoms with Crippen molar-refractivity contribution in [3.05, 3.63) is 11.0 Å². The van der Waals surface area contributed by atoms with Crippen LogP contribution in [0.2, 0.25) is 0 Å². The summed E-state index contributed by atoms with van der Waals surface area (Å²) in [5.74, 6) is 1.18. The second-order valence-corrected chi connectivity index (χ2v) is 4.75. The maximum atomic E-state index is 3.16. The van der Waals surface area contributed by atoms with Gasteiger partial charge in [0.2, 0.25) is 0 Å². The van der Waals surface area contributed by atoms with E-state index >= 15 is 0 Å². The zero-order valence-electron chi connectivity index (χ0n) is 8.50. The minimum absolute atomic E-state index is 0.299. The van der Waals surface area contributed by atoms with Gasteiger partial charge < -0.3 is 10.6 Å². The fourth-order valence-corrected chi connectivity index (χ4v) is 1.38. The first-order chi connectivity index (χ1) is 4.93. The highest BCUT2D eigenvalue weighted by molar-refractivity contribution is 6.22. The van der Waals surface area contributed by atoms with Gasteiger partial charge in [-0.15, -0.1) is 0 Å². The average molecular weight is 172 g/mol. The van der Waals surface area contributed by atoms with Crippen molar-refractivity contribution in [3.8, 4) is 0 Å². The van der Waals surface area contributed by atoms with Crippen LogP contribution in [0.25, 0.3) is 0 Å². The van der Waals surface area contributed by atoms with Gasteiger partial charge in [0.1, 0.15) is 0 Å². The lowest BCUT2D eigenvalue weighted by Gasteiger charge is -2.23. The first kappa shape index (κ1) is 10.6. The molecule has 0 aromatic rings. The molecule has 0 unspecified atom stereocenters. The molecule has 2 nitrogen and oxygen atoms in total. The molecule has 0 amide bonds. The van der Waals surface area contributed by atoms with Gasteiger partial charge in [-0.1, -0.05) is 20.8 Å². The molecule has 0 saturated carbocycles. The van der Waals surface area contributed by atoms with Crippen molar-refractivity contribution in [1.29, 1.82) is 0 Å². The highest BCUT2D eigenvalue weighted by Crippen LogP contribution is 2.23. The number of nitrogens with one attached hydrogen (secondary N) is 2. The van der Waals surface area contributed by atoms with Crippen LogP contribution in [-0.4, -0.2) is 24.3 Å². The van der Waals surface area contributed by atoms with E-state index in [1.807, 2.05) is 14.1 Å². The summed E-state index contributed by atoms with van der Waals surface area (Å²) in [6.07, 6.45) is 0. The summed E-state index contributed by atoms with van der Waals surface area (Å²) >= 11 is 0. The largest absolute Gasteiger partial charge is 0.375 e. The summed E-state index contributed by atoms with van der Waals surface area (Å²) in [6, 6.07) is 0. The molecule has 2 N–H and O–H groups in total. The molecule has 66 valence electrons. The lowest BCUT2D eigenvalue weighted by molar-refractivity contribution is 0.516. The van der Waals surface area contributed by atoms with Crippen molar-refractivity contribution in [2.75, 3.05) is 14.1 Å². The summed E-state index contributed by atoms with van der Waals surface area (Å²) in [5.41, 5.74) is 0.299. The van der Waals surface area contributed by atoms with E-state index in [9.17, 15) is 0 Å². The Morgan fingerprint density at radius 1 is 1.09 bits per heavy atom. The Morgan fingerprint density at radius 2 is 1.45 bits per heavy atom. The summed E-state index contributed by atoms with van der Waals surface area (Å²) in [4.78, 5) is 0. The summed E-state index contributed by atoms with van der Waals surface area (Å²) < 4.78 is 0. The second-order valence-electron chi connectivity index (χ2n) is 3.75. The Bertz CT molecular complexity index is 150. The Morgan fingerprint density at radius 3 is 1.55 bits per heavy atom. The SMILES string of the molecule is CNC(NC)=C([SiH3])C(C)(C)C. The van der Waals surface area contributed by atoms with E-state index in [4.69, 9.17) is 0 Å². The van der Waals surface area contributed by atoms with Crippen LogP contribution in [0, 0.1) is 5.41 Å². The lowest BCUT2D eigenvalue weighted by Crippen LogP contribution is -2.26. The first-order valence-corrected chi connectivity index (χ1v) is 5.00. The maximum Gasteiger partial charge on any atom is 0.0927 e. The Kier molecular flexibility index (Phi) is 3.65. The molecule has 11 heavy (non-hydrogen) atoms. The lowest BCUT2D eigenvalue weighted by atomic mass is 9.95. The summed E-state index contributed by atoms with van der Waals surface area (Å²) in [7, 11) is 5.01. The van der Waals surface area contributed by atoms with E-state index in [1.165, 1.54) is 11.0 Å². The average Bonchev–Trinajstić information content (AvgIpc) is 1.88. The zero-order chi connectivity index (χ0) is 9.07. The Labute approximate surface area is 72.9 Å². The van der Waals surface area contributed by atoms with Crippen molar-refractivity contribution >= 4 is 10.2 Å². The van der Waals surface area contributed by atoms with E-state index in [0.717, 1.165) is 10.2 Å². The van der Waals surface area contributed by atoms with Gasteiger partial charge in [-0.3, -0.25) is 0 Å². The second kappa shape index (κ2) is 3.81. The van der Waals surface area contributed by atoms with Crippen molar-refractivity contribution in [2.45, 2.75) is 20.8 Å². The first-order valence-electron chi connectivity index (χ1n) is 4.00. The van der Waals surface area contributed by atoms with E-state index in [1.54, 1.807) is 0 Å². The Hall–Kier alpha value is -0.443. The van der Waals surface area contributed by atoms with Crippen molar-refractivity contribution < 1.29 is 0 Å². The highest BCUT2D eigenvalue weighted by Gasteiger charge is 2.15. The van der Waals surface area contributed by atoms with E-state index in [-0.39, 0.29) is 0 Å². The molecule has 0 fully saturated rings. The van der Waals surface area contributed by atoms with Crippen LogP contribution in [0.4, 0.5) is 0 Å². The smallest absolute Gasteiger partial charge is 0.0927 e. The molecule has 0 aromatic heterocycles. The monoisotopic (exact) mass is 172 g/mol. The molecular weight excluding hydrogens is 152 g/mol. The number of rotatable bonds is 2. The third kappa shape index (κ3) is 2.97. The van der Waals surface area contributed by atoms with Gasteiger partial charge in [-0.2, -0.15) is 0 Å². The number of allylic oxidation sites excluding steroid dienone is 1. The molecule has 0 heterocycles. The minimum Gasteiger partial charge on any atom is -0.375 e. The van der Waals surface area contributed by atoms with Crippen LogP contribution in [-0.2, 0) is 0 Å². The van der Waals surface area contributed by atoms with Crippen LogP contribution in [0.5, 0.6) is 0 Å². The molecule has 0 radical (unpaired) electrons. The molecule has 0 aliphatic heterocycles. The van der Waals surface area contributed by atoms with Crippen LogP contribution < -0.4 is 10.6 Å². The predicted molar refractivity (Wildman–Crippen MR) is 54.5 cm³/mol. The molecule has 0 spiro atoms. The van der Waals surface area contributed by atoms with Crippen molar-refractivity contribution in [3.63, 3.8) is 0 Å². The quantitative estimate of drug-likeness (QED) is 0.573. The van der Waals surface area contributed by atoms with Gasteiger partial charge in [-0.25, -0.2) is 0 Å². The fourth-order valence-electron chi connectivity index (χ4n) is 0.875. The van der Waals surface area contributed by atoms with Gasteiger partial charge in [0.05, 0.1) is 5.82 Å². The van der Waals surface area contributed by atoms with Crippen LogP contribution >= 0.6 is 0 Å². The highest BCUT2D eigenvalue weighted by atomic mass is 28.1. The van der Waals surface area contributed by atoms with E-state index in [2.05, 4.69) is 31.4 Å². The number of hydrogen-bond acceptors (Lipinski definition) is 2. The molecule has 0 aromatic carbocycles. The Balaban J connectivity index is 4.62. The van der Waals surface area contributed by atoms with Gasteiger partial charge in [0, 0.05) is 24.3 Å². The zero-order valence-corrected chi connectivity index (χ0v) is 10.5. The van der Waals surface area contributed by atoms with Crippen LogP contribution in [0.1, 0.15) is 20.8 Å². The molecule has 0 atom stereocenters. The predicted octanol–water partition coefficient (Wildman–Crippen LogP) is 0.00580. The standard InChI is InChI=1S/C8H20N2Si/c1-8(2,3)6(11)7(9-4)10-5/h9-10H,1-5,11H3. The molecule has 0 bridgehead atoms. The molecule has 3 heteroatoms. The molecular formula is C8H20N2Si. The summed E-state index contributed by atoms with van der Waals surface area (Å²) in [5, 5.41) is 7.81. The maximum absolute atomic E-state index is 3.16. The van der Waals surface area contributed by atoms with Crippen LogP contribution in [0.3, 0.4) is 0 Å². The topological polar surface area (TPSA) is 24.1 Å². The van der Waals surface area contributed by atoms with E-state index < -0.39 is 0 Å².